The van der Waals surface area contributed by atoms with Crippen LogP contribution < -0.4 is 5.32 Å². The summed E-state index contributed by atoms with van der Waals surface area (Å²) in [6, 6.07) is 3.88. The minimum Gasteiger partial charge on any atom is -0.453 e. The van der Waals surface area contributed by atoms with E-state index in [1.54, 1.807) is 17.5 Å². The molecule has 2 heterocycles. The standard InChI is InChI=1S/C11H13N3O2S/c1-16-11(15)12-7-10(9-3-6-17-8-9)14-5-2-4-13-14/h2-6,8,10H,7H2,1H3,(H,12,15). The molecule has 0 aliphatic rings. The van der Waals surface area contributed by atoms with Gasteiger partial charge in [-0.15, -0.1) is 0 Å². The first-order valence-electron chi connectivity index (χ1n) is 5.14. The van der Waals surface area contributed by atoms with Crippen molar-refractivity contribution in [2.75, 3.05) is 13.7 Å². The topological polar surface area (TPSA) is 56.1 Å². The number of hydrogen-bond donors (Lipinski definition) is 1. The number of ether oxygens (including phenoxy) is 1. The number of amides is 1. The molecule has 2 aromatic rings. The summed E-state index contributed by atoms with van der Waals surface area (Å²) in [5, 5.41) is 10.9. The van der Waals surface area contributed by atoms with Gasteiger partial charge in [-0.25, -0.2) is 4.79 Å². The minimum atomic E-state index is -0.433. The first kappa shape index (κ1) is 11.7. The van der Waals surface area contributed by atoms with Crippen molar-refractivity contribution in [2.45, 2.75) is 6.04 Å². The number of aromatic nitrogens is 2. The highest BCUT2D eigenvalue weighted by Crippen LogP contribution is 2.19. The number of carbonyl (C=O) groups is 1. The smallest absolute Gasteiger partial charge is 0.406 e. The van der Waals surface area contributed by atoms with Crippen LogP contribution in [0, 0.1) is 0 Å². The van der Waals surface area contributed by atoms with E-state index in [0.29, 0.717) is 6.54 Å². The number of hydrogen-bond acceptors (Lipinski definition) is 4. The average Bonchev–Trinajstić information content (AvgIpc) is 3.01. The van der Waals surface area contributed by atoms with Gasteiger partial charge in [-0.05, 0) is 28.5 Å². The second-order valence-corrected chi connectivity index (χ2v) is 4.21. The Morgan fingerprint density at radius 2 is 2.59 bits per heavy atom. The number of rotatable bonds is 4. The van der Waals surface area contributed by atoms with E-state index in [2.05, 4.69) is 15.2 Å². The lowest BCUT2D eigenvalue weighted by molar-refractivity contribution is 0.169. The van der Waals surface area contributed by atoms with Crippen molar-refractivity contribution in [3.63, 3.8) is 0 Å². The number of methoxy groups -OCH3 is 1. The van der Waals surface area contributed by atoms with Gasteiger partial charge in [0.25, 0.3) is 0 Å². The fraction of sp³-hybridized carbons (Fsp3) is 0.273. The van der Waals surface area contributed by atoms with Gasteiger partial charge < -0.3 is 10.1 Å². The predicted octanol–water partition coefficient (Wildman–Crippen LogP) is 1.89. The van der Waals surface area contributed by atoms with Crippen LogP contribution in [0.5, 0.6) is 0 Å². The molecular weight excluding hydrogens is 238 g/mol. The molecule has 90 valence electrons. The normalized spacial score (nSPS) is 12.1. The Labute approximate surface area is 103 Å². The number of alkyl carbamates (subject to hydrolysis) is 1. The maximum absolute atomic E-state index is 11.1. The average molecular weight is 251 g/mol. The summed E-state index contributed by atoms with van der Waals surface area (Å²) in [6.07, 6.45) is 3.16. The molecule has 5 nitrogen and oxygen atoms in total. The molecule has 2 aromatic heterocycles. The third kappa shape index (κ3) is 2.85. The second-order valence-electron chi connectivity index (χ2n) is 3.43. The van der Waals surface area contributed by atoms with Crippen LogP contribution in [0.4, 0.5) is 4.79 Å². The summed E-state index contributed by atoms with van der Waals surface area (Å²) < 4.78 is 6.38. The number of nitrogens with zero attached hydrogens (tertiary/aromatic N) is 2. The number of thiophene rings is 1. The molecule has 0 fully saturated rings. The van der Waals surface area contributed by atoms with Crippen LogP contribution in [0.25, 0.3) is 0 Å². The summed E-state index contributed by atoms with van der Waals surface area (Å²) >= 11 is 1.62. The van der Waals surface area contributed by atoms with Crippen LogP contribution in [0.15, 0.2) is 35.3 Å². The maximum Gasteiger partial charge on any atom is 0.406 e. The van der Waals surface area contributed by atoms with Crippen molar-refractivity contribution in [1.29, 1.82) is 0 Å². The van der Waals surface area contributed by atoms with E-state index in [1.165, 1.54) is 7.11 Å². The van der Waals surface area contributed by atoms with Gasteiger partial charge in [0.1, 0.15) is 0 Å². The Balaban J connectivity index is 2.11. The SMILES string of the molecule is COC(=O)NCC(c1ccsc1)n1cccn1. The van der Waals surface area contributed by atoms with E-state index in [-0.39, 0.29) is 6.04 Å². The Morgan fingerprint density at radius 1 is 1.71 bits per heavy atom. The maximum atomic E-state index is 11.1. The molecule has 0 bridgehead atoms. The lowest BCUT2D eigenvalue weighted by Crippen LogP contribution is -2.31. The van der Waals surface area contributed by atoms with Gasteiger partial charge in [-0.1, -0.05) is 0 Å². The monoisotopic (exact) mass is 251 g/mol. The van der Waals surface area contributed by atoms with Crippen molar-refractivity contribution in [1.82, 2.24) is 15.1 Å². The van der Waals surface area contributed by atoms with Crippen molar-refractivity contribution < 1.29 is 9.53 Å². The molecule has 2 rings (SSSR count). The van der Waals surface area contributed by atoms with E-state index in [9.17, 15) is 4.79 Å². The highest BCUT2D eigenvalue weighted by atomic mass is 32.1. The van der Waals surface area contributed by atoms with Crippen LogP contribution in [0.2, 0.25) is 0 Å². The fourth-order valence-corrected chi connectivity index (χ4v) is 2.25. The molecule has 0 aromatic carbocycles. The summed E-state index contributed by atoms with van der Waals surface area (Å²) in [5.74, 6) is 0. The molecule has 0 radical (unpaired) electrons. The Kier molecular flexibility index (Phi) is 3.77. The largest absolute Gasteiger partial charge is 0.453 e. The summed E-state index contributed by atoms with van der Waals surface area (Å²) in [7, 11) is 1.35. The Morgan fingerprint density at radius 3 is 3.18 bits per heavy atom. The molecule has 0 aliphatic carbocycles. The lowest BCUT2D eigenvalue weighted by atomic mass is 10.1. The molecule has 17 heavy (non-hydrogen) atoms. The minimum absolute atomic E-state index is 0.00431. The van der Waals surface area contributed by atoms with Gasteiger partial charge >= 0.3 is 6.09 Å². The predicted molar refractivity (Wildman–Crippen MR) is 65.1 cm³/mol. The zero-order valence-corrected chi connectivity index (χ0v) is 10.2. The summed E-state index contributed by atoms with van der Waals surface area (Å²) in [6.45, 7) is 0.449. The fourth-order valence-electron chi connectivity index (χ4n) is 1.55. The van der Waals surface area contributed by atoms with Gasteiger partial charge in [-0.3, -0.25) is 4.68 Å². The van der Waals surface area contributed by atoms with Crippen LogP contribution in [0.3, 0.4) is 0 Å². The highest BCUT2D eigenvalue weighted by Gasteiger charge is 2.15. The lowest BCUT2D eigenvalue weighted by Gasteiger charge is -2.16. The molecule has 0 saturated carbocycles. The highest BCUT2D eigenvalue weighted by molar-refractivity contribution is 7.07. The molecule has 0 aliphatic heterocycles. The Hall–Kier alpha value is -1.82. The quantitative estimate of drug-likeness (QED) is 0.902. The first-order chi connectivity index (χ1) is 8.31. The van der Waals surface area contributed by atoms with Crippen molar-refractivity contribution in [2.24, 2.45) is 0 Å². The molecule has 1 unspecified atom stereocenters. The zero-order valence-electron chi connectivity index (χ0n) is 9.37. The molecular formula is C11H13N3O2S. The molecule has 0 spiro atoms. The molecule has 1 N–H and O–H groups in total. The van der Waals surface area contributed by atoms with Crippen molar-refractivity contribution in [3.05, 3.63) is 40.8 Å². The van der Waals surface area contributed by atoms with E-state index < -0.39 is 6.09 Å². The summed E-state index contributed by atoms with van der Waals surface area (Å²) in [5.41, 5.74) is 1.12. The van der Waals surface area contributed by atoms with Crippen molar-refractivity contribution >= 4 is 17.4 Å². The van der Waals surface area contributed by atoms with E-state index in [1.807, 2.05) is 33.8 Å². The van der Waals surface area contributed by atoms with Crippen LogP contribution in [-0.2, 0) is 4.74 Å². The summed E-state index contributed by atoms with van der Waals surface area (Å²) in [4.78, 5) is 11.1. The Bertz CT molecular complexity index is 419. The third-order valence-corrected chi connectivity index (χ3v) is 3.10. The molecule has 0 saturated heterocycles. The van der Waals surface area contributed by atoms with Gasteiger partial charge in [0, 0.05) is 18.9 Å². The third-order valence-electron chi connectivity index (χ3n) is 2.40. The zero-order chi connectivity index (χ0) is 12.1. The molecule has 6 heteroatoms. The number of carbonyl (C=O) groups excluding carboxylic acids is 1. The van der Waals surface area contributed by atoms with Gasteiger partial charge in [0.05, 0.1) is 13.2 Å². The van der Waals surface area contributed by atoms with E-state index >= 15 is 0 Å². The van der Waals surface area contributed by atoms with Crippen LogP contribution in [0.1, 0.15) is 11.6 Å². The van der Waals surface area contributed by atoms with Gasteiger partial charge in [0.2, 0.25) is 0 Å². The van der Waals surface area contributed by atoms with Gasteiger partial charge in [-0.2, -0.15) is 16.4 Å². The van der Waals surface area contributed by atoms with Crippen LogP contribution in [-0.4, -0.2) is 29.5 Å². The molecule has 1 atom stereocenters. The van der Waals surface area contributed by atoms with Gasteiger partial charge in [0.15, 0.2) is 0 Å². The van der Waals surface area contributed by atoms with Crippen molar-refractivity contribution in [3.8, 4) is 0 Å². The first-order valence-corrected chi connectivity index (χ1v) is 6.08. The van der Waals surface area contributed by atoms with Crippen LogP contribution >= 0.6 is 11.3 Å². The van der Waals surface area contributed by atoms with E-state index in [0.717, 1.165) is 5.56 Å². The second kappa shape index (κ2) is 5.49. The number of nitrogens with one attached hydrogen (secondary N) is 1. The molecule has 1 amide bonds. The van der Waals surface area contributed by atoms with E-state index in [4.69, 9.17) is 0 Å².